The number of aromatic nitrogens is 1. The number of hydrogen-bond acceptors (Lipinski definition) is 3. The summed E-state index contributed by atoms with van der Waals surface area (Å²) in [5.74, 6) is 0. The summed E-state index contributed by atoms with van der Waals surface area (Å²) in [6.07, 6.45) is 6.41. The molecule has 0 atom stereocenters. The molecule has 1 heterocycles. The van der Waals surface area contributed by atoms with E-state index in [1.807, 2.05) is 42.5 Å². The summed E-state index contributed by atoms with van der Waals surface area (Å²) in [6, 6.07) is 13.8. The van der Waals surface area contributed by atoms with E-state index in [1.54, 1.807) is 6.20 Å². The van der Waals surface area contributed by atoms with E-state index in [0.29, 0.717) is 0 Å². The minimum atomic E-state index is -0.214. The Bertz CT molecular complexity index is 682. The Balaban J connectivity index is 1.56. The SMILES string of the molecule is O=C(Nc1ccccc1CCc1ccccn1)NC1CCC(O)CC1. The van der Waals surface area contributed by atoms with Crippen LogP contribution in [0.15, 0.2) is 48.7 Å². The highest BCUT2D eigenvalue weighted by Gasteiger charge is 2.20. The summed E-state index contributed by atoms with van der Waals surface area (Å²) in [4.78, 5) is 16.6. The molecule has 1 aliphatic carbocycles. The van der Waals surface area contributed by atoms with E-state index in [4.69, 9.17) is 0 Å². The Morgan fingerprint density at radius 3 is 2.56 bits per heavy atom. The number of hydrogen-bond donors (Lipinski definition) is 3. The predicted octanol–water partition coefficient (Wildman–Crippen LogP) is 3.29. The molecule has 5 heteroatoms. The molecule has 1 fully saturated rings. The first-order valence-corrected chi connectivity index (χ1v) is 8.94. The number of pyridine rings is 1. The molecule has 0 saturated heterocycles. The quantitative estimate of drug-likeness (QED) is 0.782. The van der Waals surface area contributed by atoms with Crippen LogP contribution in [0.4, 0.5) is 10.5 Å². The molecule has 2 amide bonds. The van der Waals surface area contributed by atoms with E-state index in [2.05, 4.69) is 15.6 Å². The van der Waals surface area contributed by atoms with Crippen molar-refractivity contribution >= 4 is 11.7 Å². The van der Waals surface area contributed by atoms with Gasteiger partial charge < -0.3 is 15.7 Å². The second-order valence-corrected chi connectivity index (χ2v) is 6.58. The van der Waals surface area contributed by atoms with Crippen molar-refractivity contribution in [3.8, 4) is 0 Å². The maximum atomic E-state index is 12.3. The van der Waals surface area contributed by atoms with Crippen LogP contribution in [0.2, 0.25) is 0 Å². The van der Waals surface area contributed by atoms with Crippen LogP contribution in [0.25, 0.3) is 0 Å². The highest BCUT2D eigenvalue weighted by Crippen LogP contribution is 2.20. The maximum Gasteiger partial charge on any atom is 0.319 e. The number of carbonyl (C=O) groups is 1. The van der Waals surface area contributed by atoms with Gasteiger partial charge in [0.2, 0.25) is 0 Å². The number of para-hydroxylation sites is 1. The number of rotatable bonds is 5. The van der Waals surface area contributed by atoms with Crippen LogP contribution < -0.4 is 10.6 Å². The van der Waals surface area contributed by atoms with Gasteiger partial charge in [-0.1, -0.05) is 24.3 Å². The van der Waals surface area contributed by atoms with Crippen LogP contribution in [-0.4, -0.2) is 28.3 Å². The average Bonchev–Trinajstić information content (AvgIpc) is 2.64. The van der Waals surface area contributed by atoms with Gasteiger partial charge in [-0.2, -0.15) is 0 Å². The monoisotopic (exact) mass is 339 g/mol. The highest BCUT2D eigenvalue weighted by atomic mass is 16.3. The third kappa shape index (κ3) is 5.29. The van der Waals surface area contributed by atoms with Crippen molar-refractivity contribution in [1.82, 2.24) is 10.3 Å². The van der Waals surface area contributed by atoms with Crippen molar-refractivity contribution in [2.24, 2.45) is 0 Å². The number of anilines is 1. The van der Waals surface area contributed by atoms with Crippen LogP contribution >= 0.6 is 0 Å². The van der Waals surface area contributed by atoms with E-state index in [-0.39, 0.29) is 18.2 Å². The molecule has 0 radical (unpaired) electrons. The van der Waals surface area contributed by atoms with Crippen LogP contribution in [0.1, 0.15) is 36.9 Å². The highest BCUT2D eigenvalue weighted by molar-refractivity contribution is 5.90. The number of aryl methyl sites for hydroxylation is 2. The molecule has 1 aromatic heterocycles. The van der Waals surface area contributed by atoms with Gasteiger partial charge in [-0.05, 0) is 62.3 Å². The zero-order valence-electron chi connectivity index (χ0n) is 14.3. The molecule has 5 nitrogen and oxygen atoms in total. The Hall–Kier alpha value is -2.40. The van der Waals surface area contributed by atoms with E-state index in [1.165, 1.54) is 0 Å². The van der Waals surface area contributed by atoms with E-state index in [9.17, 15) is 9.90 Å². The molecule has 1 aliphatic rings. The van der Waals surface area contributed by atoms with Gasteiger partial charge in [0.05, 0.1) is 6.10 Å². The number of nitrogens with one attached hydrogen (secondary N) is 2. The molecule has 1 saturated carbocycles. The molecule has 0 aliphatic heterocycles. The molecule has 3 rings (SSSR count). The lowest BCUT2D eigenvalue weighted by atomic mass is 9.93. The zero-order chi connectivity index (χ0) is 17.5. The lowest BCUT2D eigenvalue weighted by molar-refractivity contribution is 0.118. The van der Waals surface area contributed by atoms with Crippen LogP contribution in [0.5, 0.6) is 0 Å². The molecule has 132 valence electrons. The Kier molecular flexibility index (Phi) is 6.01. The molecular formula is C20H25N3O2. The number of urea groups is 1. The summed E-state index contributed by atoms with van der Waals surface area (Å²) in [5.41, 5.74) is 2.98. The molecular weight excluding hydrogens is 314 g/mol. The topological polar surface area (TPSA) is 74.2 Å². The zero-order valence-corrected chi connectivity index (χ0v) is 14.3. The number of amides is 2. The standard InChI is InChI=1S/C20H25N3O2/c24-18-12-10-17(11-13-18)22-20(25)23-19-7-2-1-5-15(19)8-9-16-6-3-4-14-21-16/h1-7,14,17-18,24H,8-13H2,(H2,22,23,25). The molecule has 2 aromatic rings. The Labute approximate surface area is 148 Å². The first kappa shape index (κ1) is 17.4. The van der Waals surface area contributed by atoms with Gasteiger partial charge in [0, 0.05) is 23.6 Å². The number of carbonyl (C=O) groups excluding carboxylic acids is 1. The molecule has 0 bridgehead atoms. The summed E-state index contributed by atoms with van der Waals surface area (Å²) in [5, 5.41) is 15.5. The van der Waals surface area contributed by atoms with Crippen LogP contribution in [0.3, 0.4) is 0 Å². The second-order valence-electron chi connectivity index (χ2n) is 6.58. The lowest BCUT2D eigenvalue weighted by Crippen LogP contribution is -2.41. The van der Waals surface area contributed by atoms with Gasteiger partial charge in [-0.25, -0.2) is 4.79 Å². The molecule has 0 unspecified atom stereocenters. The molecule has 1 aromatic carbocycles. The summed E-state index contributed by atoms with van der Waals surface area (Å²) >= 11 is 0. The number of aliphatic hydroxyl groups excluding tert-OH is 1. The van der Waals surface area contributed by atoms with E-state index < -0.39 is 0 Å². The average molecular weight is 339 g/mol. The van der Waals surface area contributed by atoms with E-state index >= 15 is 0 Å². The van der Waals surface area contributed by atoms with Gasteiger partial charge in [0.1, 0.15) is 0 Å². The molecule has 25 heavy (non-hydrogen) atoms. The maximum absolute atomic E-state index is 12.3. The van der Waals surface area contributed by atoms with Crippen molar-refractivity contribution in [2.45, 2.75) is 50.7 Å². The van der Waals surface area contributed by atoms with Crippen molar-refractivity contribution in [2.75, 3.05) is 5.32 Å². The third-order valence-electron chi connectivity index (χ3n) is 4.67. The minimum Gasteiger partial charge on any atom is -0.393 e. The predicted molar refractivity (Wildman–Crippen MR) is 98.5 cm³/mol. The van der Waals surface area contributed by atoms with E-state index in [0.717, 1.165) is 55.5 Å². The van der Waals surface area contributed by atoms with Crippen molar-refractivity contribution in [3.63, 3.8) is 0 Å². The fraction of sp³-hybridized carbons (Fsp3) is 0.400. The normalized spacial score (nSPS) is 20.0. The van der Waals surface area contributed by atoms with Crippen LogP contribution in [-0.2, 0) is 12.8 Å². The van der Waals surface area contributed by atoms with Crippen molar-refractivity contribution in [1.29, 1.82) is 0 Å². The van der Waals surface area contributed by atoms with Crippen LogP contribution in [0, 0.1) is 0 Å². The summed E-state index contributed by atoms with van der Waals surface area (Å²) < 4.78 is 0. The van der Waals surface area contributed by atoms with Gasteiger partial charge in [-0.3, -0.25) is 4.98 Å². The molecule has 0 spiro atoms. The first-order valence-electron chi connectivity index (χ1n) is 8.94. The third-order valence-corrected chi connectivity index (χ3v) is 4.67. The smallest absolute Gasteiger partial charge is 0.319 e. The fourth-order valence-electron chi connectivity index (χ4n) is 3.23. The molecule has 3 N–H and O–H groups in total. The first-order chi connectivity index (χ1) is 12.2. The second kappa shape index (κ2) is 8.62. The fourth-order valence-corrected chi connectivity index (χ4v) is 3.23. The van der Waals surface area contributed by atoms with Gasteiger partial charge in [0.15, 0.2) is 0 Å². The number of aliphatic hydroxyl groups is 1. The van der Waals surface area contributed by atoms with Gasteiger partial charge >= 0.3 is 6.03 Å². The Morgan fingerprint density at radius 1 is 1.04 bits per heavy atom. The summed E-state index contributed by atoms with van der Waals surface area (Å²) in [6.45, 7) is 0. The largest absolute Gasteiger partial charge is 0.393 e. The summed E-state index contributed by atoms with van der Waals surface area (Å²) in [7, 11) is 0. The minimum absolute atomic E-state index is 0.143. The van der Waals surface area contributed by atoms with Crippen molar-refractivity contribution < 1.29 is 9.90 Å². The van der Waals surface area contributed by atoms with Gasteiger partial charge in [-0.15, -0.1) is 0 Å². The lowest BCUT2D eigenvalue weighted by Gasteiger charge is -2.26. The van der Waals surface area contributed by atoms with Gasteiger partial charge in [0.25, 0.3) is 0 Å². The number of nitrogens with zero attached hydrogens (tertiary/aromatic N) is 1. The number of benzene rings is 1. The van der Waals surface area contributed by atoms with Crippen molar-refractivity contribution in [3.05, 3.63) is 59.9 Å². The Morgan fingerprint density at radius 2 is 1.80 bits per heavy atom.